The molecule has 1 atom stereocenters. The van der Waals surface area contributed by atoms with Gasteiger partial charge in [0.2, 0.25) is 11.8 Å². The molecule has 0 spiro atoms. The molecule has 3 rings (SSSR count). The first kappa shape index (κ1) is 12.6. The van der Waals surface area contributed by atoms with Crippen LogP contribution >= 0.6 is 0 Å². The lowest BCUT2D eigenvalue weighted by molar-refractivity contribution is -0.134. The van der Waals surface area contributed by atoms with Gasteiger partial charge in [0.15, 0.2) is 0 Å². The van der Waals surface area contributed by atoms with E-state index in [1.807, 2.05) is 24.3 Å². The van der Waals surface area contributed by atoms with Gasteiger partial charge in [0.05, 0.1) is 11.4 Å². The second kappa shape index (κ2) is 4.59. The van der Waals surface area contributed by atoms with Gasteiger partial charge in [0.1, 0.15) is 0 Å². The summed E-state index contributed by atoms with van der Waals surface area (Å²) in [5.41, 5.74) is 1.10. The Morgan fingerprint density at radius 1 is 1.20 bits per heavy atom. The molecule has 1 aromatic carbocycles. The van der Waals surface area contributed by atoms with Gasteiger partial charge in [-0.25, -0.2) is 0 Å². The Hall–Kier alpha value is -2.43. The Labute approximate surface area is 115 Å². The van der Waals surface area contributed by atoms with Crippen LogP contribution in [0.5, 0.6) is 0 Å². The van der Waals surface area contributed by atoms with Crippen LogP contribution in [-0.2, 0) is 16.6 Å². The number of imide groups is 1. The molecule has 102 valence electrons. The lowest BCUT2D eigenvalue weighted by Gasteiger charge is -2.21. The van der Waals surface area contributed by atoms with Crippen LogP contribution in [0.3, 0.4) is 0 Å². The number of carbonyl (C=O) groups is 2. The number of para-hydroxylation sites is 1. The molecule has 5 heteroatoms. The quantitative estimate of drug-likeness (QED) is 0.788. The molecule has 20 heavy (non-hydrogen) atoms. The second-order valence-corrected chi connectivity index (χ2v) is 5.03. The third-order valence-corrected chi connectivity index (χ3v) is 3.78. The molecule has 1 N–H and O–H groups in total. The number of aromatic nitrogens is 1. The van der Waals surface area contributed by atoms with Crippen molar-refractivity contribution in [1.82, 2.24) is 9.88 Å². The van der Waals surface area contributed by atoms with E-state index in [9.17, 15) is 14.4 Å². The highest BCUT2D eigenvalue weighted by molar-refractivity contribution is 6.01. The van der Waals surface area contributed by atoms with Crippen molar-refractivity contribution in [1.29, 1.82) is 0 Å². The minimum absolute atomic E-state index is 0.182. The fourth-order valence-corrected chi connectivity index (χ4v) is 2.69. The van der Waals surface area contributed by atoms with E-state index < -0.39 is 5.92 Å². The average molecular weight is 270 g/mol. The molecule has 0 saturated carbocycles. The van der Waals surface area contributed by atoms with E-state index in [0.29, 0.717) is 12.0 Å². The molecule has 0 aliphatic carbocycles. The predicted molar refractivity (Wildman–Crippen MR) is 74.3 cm³/mol. The molecule has 1 unspecified atom stereocenters. The van der Waals surface area contributed by atoms with Crippen molar-refractivity contribution in [2.45, 2.75) is 18.8 Å². The standard InChI is InChI=1S/C15H14N2O3/c1-17-12-5-3-2-4-9(12)8-11(15(17)20)10-6-7-13(18)16-14(10)19/h2-5,8,10H,6-7H2,1H3,(H,16,18,19). The molecular weight excluding hydrogens is 256 g/mol. The molecule has 1 aromatic heterocycles. The topological polar surface area (TPSA) is 68.2 Å². The van der Waals surface area contributed by atoms with Gasteiger partial charge in [0.25, 0.3) is 5.56 Å². The number of nitrogens with one attached hydrogen (secondary N) is 1. The van der Waals surface area contributed by atoms with Crippen LogP contribution in [0.2, 0.25) is 0 Å². The van der Waals surface area contributed by atoms with Crippen LogP contribution < -0.4 is 10.9 Å². The lowest BCUT2D eigenvalue weighted by Crippen LogP contribution is -2.41. The van der Waals surface area contributed by atoms with Crippen molar-refractivity contribution in [2.75, 3.05) is 0 Å². The van der Waals surface area contributed by atoms with Gasteiger partial charge in [0, 0.05) is 19.0 Å². The molecular formula is C15H14N2O3. The summed E-state index contributed by atoms with van der Waals surface area (Å²) in [4.78, 5) is 35.5. The molecule has 0 radical (unpaired) electrons. The zero-order chi connectivity index (χ0) is 14.3. The van der Waals surface area contributed by atoms with Crippen molar-refractivity contribution in [2.24, 2.45) is 7.05 Å². The maximum absolute atomic E-state index is 12.4. The van der Waals surface area contributed by atoms with Gasteiger partial charge < -0.3 is 4.57 Å². The summed E-state index contributed by atoms with van der Waals surface area (Å²) in [5.74, 6) is -1.20. The molecule has 1 aliphatic rings. The van der Waals surface area contributed by atoms with E-state index in [-0.39, 0.29) is 23.8 Å². The van der Waals surface area contributed by atoms with Crippen molar-refractivity contribution in [3.05, 3.63) is 46.2 Å². The third-order valence-electron chi connectivity index (χ3n) is 3.78. The molecule has 2 amide bonds. The largest absolute Gasteiger partial charge is 0.311 e. The summed E-state index contributed by atoms with van der Waals surface area (Å²) in [5, 5.41) is 3.21. The fourth-order valence-electron chi connectivity index (χ4n) is 2.69. The van der Waals surface area contributed by atoms with Gasteiger partial charge in [-0.05, 0) is 23.9 Å². The summed E-state index contributed by atoms with van der Waals surface area (Å²) in [7, 11) is 1.69. The third kappa shape index (κ3) is 1.91. The Morgan fingerprint density at radius 2 is 1.95 bits per heavy atom. The number of nitrogens with zero attached hydrogens (tertiary/aromatic N) is 1. The predicted octanol–water partition coefficient (Wildman–Crippen LogP) is 1.06. The molecule has 2 heterocycles. The van der Waals surface area contributed by atoms with E-state index in [4.69, 9.17) is 0 Å². The van der Waals surface area contributed by atoms with Crippen LogP contribution in [0.15, 0.2) is 35.1 Å². The number of hydrogen-bond donors (Lipinski definition) is 1. The Balaban J connectivity index is 2.17. The zero-order valence-corrected chi connectivity index (χ0v) is 11.1. The summed E-state index contributed by atoms with van der Waals surface area (Å²) in [6.07, 6.45) is 0.657. The van der Waals surface area contributed by atoms with E-state index in [0.717, 1.165) is 10.9 Å². The van der Waals surface area contributed by atoms with E-state index in [1.54, 1.807) is 17.7 Å². The molecule has 2 aromatic rings. The minimum atomic E-state index is -0.545. The number of carbonyl (C=O) groups excluding carboxylic acids is 2. The van der Waals surface area contributed by atoms with E-state index >= 15 is 0 Å². The highest BCUT2D eigenvalue weighted by atomic mass is 16.2. The monoisotopic (exact) mass is 270 g/mol. The molecule has 1 aliphatic heterocycles. The number of rotatable bonds is 1. The second-order valence-electron chi connectivity index (χ2n) is 5.03. The normalized spacial score (nSPS) is 19.1. The highest BCUT2D eigenvalue weighted by Gasteiger charge is 2.30. The molecule has 5 nitrogen and oxygen atoms in total. The van der Waals surface area contributed by atoms with Crippen molar-refractivity contribution in [3.63, 3.8) is 0 Å². The van der Waals surface area contributed by atoms with Crippen LogP contribution in [0.4, 0.5) is 0 Å². The van der Waals surface area contributed by atoms with Crippen molar-refractivity contribution < 1.29 is 9.59 Å². The molecule has 1 saturated heterocycles. The maximum Gasteiger partial charge on any atom is 0.254 e. The van der Waals surface area contributed by atoms with Gasteiger partial charge in [-0.2, -0.15) is 0 Å². The fraction of sp³-hybridized carbons (Fsp3) is 0.267. The number of aryl methyl sites for hydroxylation is 1. The van der Waals surface area contributed by atoms with Crippen LogP contribution in [-0.4, -0.2) is 16.4 Å². The smallest absolute Gasteiger partial charge is 0.254 e. The zero-order valence-electron chi connectivity index (χ0n) is 11.1. The number of piperidine rings is 1. The van der Waals surface area contributed by atoms with Crippen LogP contribution in [0.25, 0.3) is 10.9 Å². The first-order valence-corrected chi connectivity index (χ1v) is 6.50. The summed E-state index contributed by atoms with van der Waals surface area (Å²) < 4.78 is 1.55. The minimum Gasteiger partial charge on any atom is -0.311 e. The summed E-state index contributed by atoms with van der Waals surface area (Å²) in [6, 6.07) is 9.29. The van der Waals surface area contributed by atoms with E-state index in [1.165, 1.54) is 0 Å². The number of benzene rings is 1. The van der Waals surface area contributed by atoms with Gasteiger partial charge in [-0.15, -0.1) is 0 Å². The summed E-state index contributed by atoms with van der Waals surface area (Å²) >= 11 is 0. The Morgan fingerprint density at radius 3 is 2.70 bits per heavy atom. The number of fused-ring (bicyclic) bond motifs is 1. The summed E-state index contributed by atoms with van der Waals surface area (Å²) in [6.45, 7) is 0. The van der Waals surface area contributed by atoms with Crippen molar-refractivity contribution in [3.8, 4) is 0 Å². The van der Waals surface area contributed by atoms with E-state index in [2.05, 4.69) is 5.32 Å². The highest BCUT2D eigenvalue weighted by Crippen LogP contribution is 2.24. The number of hydrogen-bond acceptors (Lipinski definition) is 3. The molecule has 0 bridgehead atoms. The Kier molecular flexibility index (Phi) is 2.89. The first-order chi connectivity index (χ1) is 9.58. The lowest BCUT2D eigenvalue weighted by atomic mass is 9.90. The van der Waals surface area contributed by atoms with Crippen molar-refractivity contribution >= 4 is 22.7 Å². The van der Waals surface area contributed by atoms with Gasteiger partial charge in [-0.3, -0.25) is 19.7 Å². The SMILES string of the molecule is Cn1c(=O)c(C2CCC(=O)NC2=O)cc2ccccc21. The molecule has 1 fully saturated rings. The van der Waals surface area contributed by atoms with Crippen LogP contribution in [0.1, 0.15) is 24.3 Å². The number of amides is 2. The maximum atomic E-state index is 12.4. The van der Waals surface area contributed by atoms with Crippen LogP contribution in [0, 0.1) is 0 Å². The van der Waals surface area contributed by atoms with Gasteiger partial charge >= 0.3 is 0 Å². The number of pyridine rings is 1. The Bertz CT molecular complexity index is 776. The first-order valence-electron chi connectivity index (χ1n) is 6.50. The average Bonchev–Trinajstić information content (AvgIpc) is 2.43. The van der Waals surface area contributed by atoms with Gasteiger partial charge in [-0.1, -0.05) is 18.2 Å².